The van der Waals surface area contributed by atoms with Crippen LogP contribution in [0.1, 0.15) is 53.9 Å². The molecular weight excluding hydrogens is 450 g/mol. The van der Waals surface area contributed by atoms with Gasteiger partial charge < -0.3 is 29.4 Å². The molecule has 0 aromatic carbocycles. The highest BCUT2D eigenvalue weighted by molar-refractivity contribution is 5.88. The molecule has 0 saturated carbocycles. The van der Waals surface area contributed by atoms with Crippen molar-refractivity contribution < 1.29 is 33.6 Å². The minimum atomic E-state index is -0.653. The van der Waals surface area contributed by atoms with Gasteiger partial charge in [-0.05, 0) is 39.2 Å². The smallest absolute Gasteiger partial charge is 0.303 e. The van der Waals surface area contributed by atoms with Gasteiger partial charge in [0.25, 0.3) is 0 Å². The second kappa shape index (κ2) is 11.5. The summed E-state index contributed by atoms with van der Waals surface area (Å²) in [4.78, 5) is 23.2. The first-order valence-electron chi connectivity index (χ1n) is 12.3. The van der Waals surface area contributed by atoms with Crippen LogP contribution in [0.3, 0.4) is 0 Å². The fourth-order valence-corrected chi connectivity index (χ4v) is 4.66. The zero-order chi connectivity index (χ0) is 25.8. The van der Waals surface area contributed by atoms with Crippen LogP contribution < -0.4 is 5.32 Å². The van der Waals surface area contributed by atoms with Crippen molar-refractivity contribution in [2.24, 2.45) is 5.92 Å². The summed E-state index contributed by atoms with van der Waals surface area (Å²) < 4.78 is 22.5. The topological polar surface area (TPSA) is 107 Å². The van der Waals surface area contributed by atoms with Gasteiger partial charge in [-0.25, -0.2) is 0 Å². The summed E-state index contributed by atoms with van der Waals surface area (Å²) >= 11 is 0. The van der Waals surface area contributed by atoms with E-state index in [4.69, 9.17) is 18.9 Å². The van der Waals surface area contributed by atoms with E-state index < -0.39 is 23.8 Å². The second-order valence-corrected chi connectivity index (χ2v) is 10.0. The highest BCUT2D eigenvalue weighted by Crippen LogP contribution is 2.42. The number of ether oxygens (including phenoxy) is 4. The average Bonchev–Trinajstić information content (AvgIpc) is 3.54. The first-order valence-corrected chi connectivity index (χ1v) is 12.3. The number of hydrogen-bond donors (Lipinski definition) is 2. The Morgan fingerprint density at radius 3 is 2.69 bits per heavy atom. The van der Waals surface area contributed by atoms with Crippen LogP contribution in [-0.2, 0) is 28.5 Å². The maximum atomic E-state index is 12.3. The molecule has 8 atom stereocenters. The van der Waals surface area contributed by atoms with Gasteiger partial charge in [-0.1, -0.05) is 37.3 Å². The Labute approximate surface area is 208 Å². The number of esters is 1. The number of aliphatic hydroxyl groups is 1. The standard InChI is InChI=1S/C27H39NO7/c1-16(8-11-24-26(31)27(15-32-27)14-19(4)34-24)7-10-23-17(2)13-22(20(5)35-23)28-25(30)12-9-18(3)33-21(6)29/h7-9,11-12,17-19,22-24,26,31H,5,10,13-15H2,1-4,6H3,(H,28,30)/b11-8+,12-9-,16-7+/t17-,18-,19-,22+,23-,24+,26+,27+/m0/s1. The molecule has 3 aliphatic rings. The Balaban J connectivity index is 1.47. The number of nitrogens with one attached hydrogen (secondary N) is 1. The Morgan fingerprint density at radius 2 is 2.03 bits per heavy atom. The van der Waals surface area contributed by atoms with Crippen LogP contribution in [0.4, 0.5) is 0 Å². The van der Waals surface area contributed by atoms with Gasteiger partial charge in [0.1, 0.15) is 35.8 Å². The summed E-state index contributed by atoms with van der Waals surface area (Å²) in [5.41, 5.74) is 0.618. The van der Waals surface area contributed by atoms with E-state index in [1.807, 2.05) is 26.0 Å². The number of allylic oxidation sites excluding steroid dienone is 2. The van der Waals surface area contributed by atoms with Crippen molar-refractivity contribution in [3.8, 4) is 0 Å². The molecule has 3 aliphatic heterocycles. The van der Waals surface area contributed by atoms with Gasteiger partial charge in [0.15, 0.2) is 0 Å². The molecule has 2 N–H and O–H groups in total. The molecule has 35 heavy (non-hydrogen) atoms. The quantitative estimate of drug-likeness (QED) is 0.233. The van der Waals surface area contributed by atoms with Crippen LogP contribution in [0.25, 0.3) is 0 Å². The predicted octanol–water partition coefficient (Wildman–Crippen LogP) is 3.12. The maximum Gasteiger partial charge on any atom is 0.303 e. The van der Waals surface area contributed by atoms with Crippen LogP contribution in [0.15, 0.2) is 48.3 Å². The van der Waals surface area contributed by atoms with Crippen molar-refractivity contribution in [3.63, 3.8) is 0 Å². The molecule has 0 radical (unpaired) electrons. The van der Waals surface area contributed by atoms with Crippen LogP contribution in [0.2, 0.25) is 0 Å². The molecule has 0 aromatic rings. The lowest BCUT2D eigenvalue weighted by Gasteiger charge is -2.36. The Hall–Kier alpha value is -2.42. The highest BCUT2D eigenvalue weighted by atomic mass is 16.6. The molecule has 3 fully saturated rings. The summed E-state index contributed by atoms with van der Waals surface area (Å²) in [6.45, 7) is 13.7. The molecule has 8 nitrogen and oxygen atoms in total. The van der Waals surface area contributed by atoms with E-state index in [9.17, 15) is 14.7 Å². The van der Waals surface area contributed by atoms with E-state index in [0.29, 0.717) is 25.2 Å². The third-order valence-electron chi connectivity index (χ3n) is 6.73. The zero-order valence-corrected chi connectivity index (χ0v) is 21.4. The van der Waals surface area contributed by atoms with Gasteiger partial charge in [-0.3, -0.25) is 9.59 Å². The van der Waals surface area contributed by atoms with Gasteiger partial charge in [0, 0.05) is 25.8 Å². The SMILES string of the molecule is C=C1O[C@@H](C/C=C(C)/C=C/[C@H]2O[C@@H](C)C[C@@]3(CO3)[C@@H]2O)[C@@H](C)C[C@H]1NC(=O)/C=C\[C@H](C)OC(C)=O. The monoisotopic (exact) mass is 489 g/mol. The first-order chi connectivity index (χ1) is 16.5. The normalized spacial score (nSPS) is 36.3. The van der Waals surface area contributed by atoms with Gasteiger partial charge in [-0.2, -0.15) is 0 Å². The lowest BCUT2D eigenvalue weighted by Crippen LogP contribution is -2.49. The van der Waals surface area contributed by atoms with E-state index >= 15 is 0 Å². The molecule has 3 saturated heterocycles. The van der Waals surface area contributed by atoms with Gasteiger partial charge >= 0.3 is 5.97 Å². The van der Waals surface area contributed by atoms with Gasteiger partial charge in [-0.15, -0.1) is 0 Å². The van der Waals surface area contributed by atoms with E-state index in [-0.39, 0.29) is 36.2 Å². The first kappa shape index (κ1) is 27.2. The number of aliphatic hydroxyl groups excluding tert-OH is 1. The molecule has 1 spiro atoms. The molecule has 3 rings (SSSR count). The molecule has 0 aliphatic carbocycles. The van der Waals surface area contributed by atoms with Crippen molar-refractivity contribution in [3.05, 3.63) is 48.3 Å². The Bertz CT molecular complexity index is 888. The fourth-order valence-electron chi connectivity index (χ4n) is 4.66. The Morgan fingerprint density at radius 1 is 1.31 bits per heavy atom. The number of carbonyl (C=O) groups is 2. The zero-order valence-electron chi connectivity index (χ0n) is 21.4. The summed E-state index contributed by atoms with van der Waals surface area (Å²) in [6, 6.07) is -0.281. The summed E-state index contributed by atoms with van der Waals surface area (Å²) in [5, 5.41) is 13.5. The fraction of sp³-hybridized carbons (Fsp3) is 0.630. The minimum absolute atomic E-state index is 0.0433. The lowest BCUT2D eigenvalue weighted by atomic mass is 9.89. The predicted molar refractivity (Wildman–Crippen MR) is 131 cm³/mol. The van der Waals surface area contributed by atoms with Crippen LogP contribution in [0.5, 0.6) is 0 Å². The maximum absolute atomic E-state index is 12.3. The number of carbonyl (C=O) groups excluding carboxylic acids is 2. The number of epoxide rings is 1. The van der Waals surface area contributed by atoms with Gasteiger partial charge in [0.2, 0.25) is 5.91 Å². The molecule has 3 heterocycles. The van der Waals surface area contributed by atoms with E-state index in [2.05, 4.69) is 24.9 Å². The lowest BCUT2D eigenvalue weighted by molar-refractivity contribution is -0.143. The molecule has 0 aromatic heterocycles. The van der Waals surface area contributed by atoms with Crippen LogP contribution in [0, 0.1) is 5.92 Å². The van der Waals surface area contributed by atoms with Crippen molar-refractivity contribution in [1.29, 1.82) is 0 Å². The van der Waals surface area contributed by atoms with Crippen LogP contribution >= 0.6 is 0 Å². The molecule has 0 unspecified atom stereocenters. The van der Waals surface area contributed by atoms with Crippen molar-refractivity contribution in [2.75, 3.05) is 6.61 Å². The molecular formula is C27H39NO7. The molecule has 1 amide bonds. The van der Waals surface area contributed by atoms with Crippen molar-refractivity contribution in [1.82, 2.24) is 5.32 Å². The van der Waals surface area contributed by atoms with E-state index in [1.165, 1.54) is 19.1 Å². The van der Waals surface area contributed by atoms with Crippen LogP contribution in [-0.4, -0.2) is 65.8 Å². The van der Waals surface area contributed by atoms with Crippen molar-refractivity contribution in [2.45, 2.75) is 96.0 Å². The summed E-state index contributed by atoms with van der Waals surface area (Å²) in [7, 11) is 0. The molecule has 8 heteroatoms. The van der Waals surface area contributed by atoms with Gasteiger partial charge in [0.05, 0.1) is 18.8 Å². The second-order valence-electron chi connectivity index (χ2n) is 10.0. The summed E-state index contributed by atoms with van der Waals surface area (Å²) in [6.07, 6.45) is 9.50. The highest BCUT2D eigenvalue weighted by Gasteiger charge is 2.57. The van der Waals surface area contributed by atoms with E-state index in [1.54, 1.807) is 6.92 Å². The molecule has 194 valence electrons. The summed E-state index contributed by atoms with van der Waals surface area (Å²) in [5.74, 6) is 0.0584. The number of amides is 1. The minimum Gasteiger partial charge on any atom is -0.493 e. The third-order valence-corrected chi connectivity index (χ3v) is 6.73. The molecule has 0 bridgehead atoms. The largest absolute Gasteiger partial charge is 0.493 e. The Kier molecular flexibility index (Phi) is 8.96. The van der Waals surface area contributed by atoms with Crippen molar-refractivity contribution >= 4 is 11.9 Å². The third kappa shape index (κ3) is 7.53. The number of hydrogen-bond acceptors (Lipinski definition) is 7. The number of rotatable bonds is 8. The average molecular weight is 490 g/mol. The van der Waals surface area contributed by atoms with E-state index in [0.717, 1.165) is 12.0 Å².